The molecular formula is C9H22N2S2. The molecule has 0 amide bonds. The standard InChI is InChI=1S/C6H15N.C3H7NS2/c1-4-7(5-2)6-3;1-2-4-3(5)6/h4-6H2,1-3H3;2H2,1H3,(H2,4,5,6). The summed E-state index contributed by atoms with van der Waals surface area (Å²) in [6.45, 7) is 13.0. The van der Waals surface area contributed by atoms with Crippen LogP contribution < -0.4 is 5.32 Å². The van der Waals surface area contributed by atoms with E-state index in [-0.39, 0.29) is 0 Å². The molecule has 0 heterocycles. The molecule has 0 unspecified atom stereocenters. The van der Waals surface area contributed by atoms with E-state index in [9.17, 15) is 0 Å². The molecule has 80 valence electrons. The minimum Gasteiger partial charge on any atom is -0.371 e. The van der Waals surface area contributed by atoms with E-state index in [4.69, 9.17) is 0 Å². The molecule has 0 bridgehead atoms. The highest BCUT2D eigenvalue weighted by Crippen LogP contribution is 1.81. The zero-order valence-corrected chi connectivity index (χ0v) is 10.8. The van der Waals surface area contributed by atoms with Crippen LogP contribution in [0.25, 0.3) is 0 Å². The summed E-state index contributed by atoms with van der Waals surface area (Å²) in [5.41, 5.74) is 0. The van der Waals surface area contributed by atoms with E-state index in [1.54, 1.807) is 0 Å². The molecule has 0 aliphatic heterocycles. The lowest BCUT2D eigenvalue weighted by Gasteiger charge is -2.13. The first-order chi connectivity index (χ1) is 6.12. The Hall–Kier alpha value is 0.200. The van der Waals surface area contributed by atoms with Crippen molar-refractivity contribution in [3.8, 4) is 0 Å². The number of nitrogens with zero attached hydrogens (tertiary/aromatic N) is 1. The molecule has 0 atom stereocenters. The van der Waals surface area contributed by atoms with E-state index in [2.05, 4.69) is 55.8 Å². The number of thiocarbonyl (C=S) groups is 1. The lowest BCUT2D eigenvalue weighted by atomic mass is 10.5. The van der Waals surface area contributed by atoms with Gasteiger partial charge in [-0.15, -0.1) is 12.6 Å². The van der Waals surface area contributed by atoms with E-state index in [1.807, 2.05) is 6.92 Å². The van der Waals surface area contributed by atoms with E-state index >= 15 is 0 Å². The van der Waals surface area contributed by atoms with Gasteiger partial charge in [0.05, 0.1) is 0 Å². The van der Waals surface area contributed by atoms with Gasteiger partial charge in [-0.2, -0.15) is 0 Å². The molecule has 13 heavy (non-hydrogen) atoms. The summed E-state index contributed by atoms with van der Waals surface area (Å²) in [6, 6.07) is 0. The predicted octanol–water partition coefficient (Wildman–Crippen LogP) is 2.16. The van der Waals surface area contributed by atoms with Crippen LogP contribution >= 0.6 is 24.8 Å². The van der Waals surface area contributed by atoms with Crippen LogP contribution in [-0.4, -0.2) is 35.4 Å². The van der Waals surface area contributed by atoms with Crippen LogP contribution in [0.3, 0.4) is 0 Å². The predicted molar refractivity (Wildman–Crippen MR) is 68.7 cm³/mol. The molecule has 0 aromatic heterocycles. The van der Waals surface area contributed by atoms with Gasteiger partial charge in [0.1, 0.15) is 4.32 Å². The van der Waals surface area contributed by atoms with Crippen molar-refractivity contribution >= 4 is 29.2 Å². The third kappa shape index (κ3) is 15.0. The minimum absolute atomic E-state index is 0.567. The van der Waals surface area contributed by atoms with Crippen molar-refractivity contribution in [1.82, 2.24) is 10.2 Å². The quantitative estimate of drug-likeness (QED) is 0.560. The number of thiol groups is 1. The van der Waals surface area contributed by atoms with Gasteiger partial charge in [0.25, 0.3) is 0 Å². The zero-order chi connectivity index (χ0) is 10.7. The summed E-state index contributed by atoms with van der Waals surface area (Å²) < 4.78 is 0.567. The summed E-state index contributed by atoms with van der Waals surface area (Å²) in [5.74, 6) is 0. The molecule has 0 aliphatic carbocycles. The molecule has 0 aromatic carbocycles. The highest BCUT2D eigenvalue weighted by Gasteiger charge is 1.89. The van der Waals surface area contributed by atoms with Gasteiger partial charge in [-0.1, -0.05) is 33.0 Å². The van der Waals surface area contributed by atoms with Gasteiger partial charge in [-0.25, -0.2) is 0 Å². The molecule has 0 saturated carbocycles. The average Bonchev–Trinajstić information content (AvgIpc) is 2.08. The van der Waals surface area contributed by atoms with Crippen molar-refractivity contribution in [2.75, 3.05) is 26.2 Å². The Morgan fingerprint density at radius 2 is 1.54 bits per heavy atom. The first kappa shape index (κ1) is 15.7. The molecule has 0 radical (unpaired) electrons. The molecule has 2 nitrogen and oxygen atoms in total. The van der Waals surface area contributed by atoms with Gasteiger partial charge < -0.3 is 10.2 Å². The SMILES string of the molecule is CCN(CC)CC.CCNC(=S)S. The Labute approximate surface area is 93.5 Å². The highest BCUT2D eigenvalue weighted by atomic mass is 32.1. The topological polar surface area (TPSA) is 15.3 Å². The monoisotopic (exact) mass is 222 g/mol. The van der Waals surface area contributed by atoms with Crippen LogP contribution in [0.15, 0.2) is 0 Å². The second-order valence-corrected chi connectivity index (χ2v) is 3.61. The second-order valence-electron chi connectivity index (χ2n) is 2.45. The first-order valence-electron chi connectivity index (χ1n) is 4.81. The lowest BCUT2D eigenvalue weighted by Crippen LogP contribution is -2.21. The van der Waals surface area contributed by atoms with Gasteiger partial charge in [0.2, 0.25) is 0 Å². The Kier molecular flexibility index (Phi) is 14.7. The molecule has 0 rings (SSSR count). The van der Waals surface area contributed by atoms with Gasteiger partial charge in [-0.3, -0.25) is 0 Å². The molecule has 0 fully saturated rings. The zero-order valence-electron chi connectivity index (χ0n) is 9.13. The van der Waals surface area contributed by atoms with Crippen molar-refractivity contribution in [1.29, 1.82) is 0 Å². The van der Waals surface area contributed by atoms with E-state index in [0.717, 1.165) is 6.54 Å². The van der Waals surface area contributed by atoms with Gasteiger partial charge in [0, 0.05) is 6.54 Å². The summed E-state index contributed by atoms with van der Waals surface area (Å²) in [5, 5.41) is 2.80. The Balaban J connectivity index is 0. The van der Waals surface area contributed by atoms with Crippen molar-refractivity contribution < 1.29 is 0 Å². The first-order valence-corrected chi connectivity index (χ1v) is 5.66. The number of hydrogen-bond donors (Lipinski definition) is 2. The van der Waals surface area contributed by atoms with Crippen LogP contribution in [0.5, 0.6) is 0 Å². The summed E-state index contributed by atoms with van der Waals surface area (Å²) in [4.78, 5) is 2.38. The molecule has 1 N–H and O–H groups in total. The van der Waals surface area contributed by atoms with Crippen LogP contribution in [-0.2, 0) is 0 Å². The van der Waals surface area contributed by atoms with Crippen LogP contribution in [0.1, 0.15) is 27.7 Å². The summed E-state index contributed by atoms with van der Waals surface area (Å²) in [7, 11) is 0. The van der Waals surface area contributed by atoms with E-state index in [1.165, 1.54) is 19.6 Å². The lowest BCUT2D eigenvalue weighted by molar-refractivity contribution is 0.321. The third-order valence-electron chi connectivity index (χ3n) is 1.67. The van der Waals surface area contributed by atoms with Crippen LogP contribution in [0.4, 0.5) is 0 Å². The smallest absolute Gasteiger partial charge is 0.130 e. The second kappa shape index (κ2) is 12.2. The maximum atomic E-state index is 4.55. The fourth-order valence-corrected chi connectivity index (χ4v) is 1.12. The summed E-state index contributed by atoms with van der Waals surface area (Å²) in [6.07, 6.45) is 0. The minimum atomic E-state index is 0.567. The van der Waals surface area contributed by atoms with Gasteiger partial charge >= 0.3 is 0 Å². The maximum absolute atomic E-state index is 4.55. The highest BCUT2D eigenvalue weighted by molar-refractivity contribution is 8.11. The molecule has 4 heteroatoms. The van der Waals surface area contributed by atoms with Gasteiger partial charge in [0.15, 0.2) is 0 Å². The Bertz CT molecular complexity index is 109. The van der Waals surface area contributed by atoms with Crippen molar-refractivity contribution in [3.63, 3.8) is 0 Å². The Morgan fingerprint density at radius 1 is 1.15 bits per heavy atom. The largest absolute Gasteiger partial charge is 0.371 e. The Morgan fingerprint density at radius 3 is 1.54 bits per heavy atom. The van der Waals surface area contributed by atoms with E-state index in [0.29, 0.717) is 4.32 Å². The van der Waals surface area contributed by atoms with Crippen molar-refractivity contribution in [3.05, 3.63) is 0 Å². The fourth-order valence-electron chi connectivity index (χ4n) is 0.822. The number of nitrogens with one attached hydrogen (secondary N) is 1. The third-order valence-corrected chi connectivity index (χ3v) is 1.97. The fraction of sp³-hybridized carbons (Fsp3) is 0.889. The molecular weight excluding hydrogens is 200 g/mol. The van der Waals surface area contributed by atoms with E-state index < -0.39 is 0 Å². The van der Waals surface area contributed by atoms with Crippen LogP contribution in [0, 0.1) is 0 Å². The van der Waals surface area contributed by atoms with Gasteiger partial charge in [-0.05, 0) is 26.6 Å². The molecule has 0 aliphatic rings. The molecule has 0 saturated heterocycles. The molecule has 0 spiro atoms. The summed E-state index contributed by atoms with van der Waals surface area (Å²) >= 11 is 8.35. The number of rotatable bonds is 4. The average molecular weight is 222 g/mol. The van der Waals surface area contributed by atoms with Crippen LogP contribution in [0.2, 0.25) is 0 Å². The maximum Gasteiger partial charge on any atom is 0.130 e. The van der Waals surface area contributed by atoms with Crippen molar-refractivity contribution in [2.24, 2.45) is 0 Å². The normalized spacial score (nSPS) is 9.08. The molecule has 0 aromatic rings. The number of hydrogen-bond acceptors (Lipinski definition) is 2. The van der Waals surface area contributed by atoms with Crippen molar-refractivity contribution in [2.45, 2.75) is 27.7 Å².